The SMILES string of the molecule is NCC#Cc1ccc(CNC(=O)C2CC2)s1. The molecule has 0 bridgehead atoms. The predicted octanol–water partition coefficient (Wildman–Crippen LogP) is 1.08. The van der Waals surface area contributed by atoms with Crippen molar-refractivity contribution in [3.05, 3.63) is 21.9 Å². The monoisotopic (exact) mass is 234 g/mol. The summed E-state index contributed by atoms with van der Waals surface area (Å²) in [6, 6.07) is 3.96. The third kappa shape index (κ3) is 3.09. The molecule has 4 heteroatoms. The number of hydrogen-bond acceptors (Lipinski definition) is 3. The zero-order chi connectivity index (χ0) is 11.4. The van der Waals surface area contributed by atoms with Gasteiger partial charge in [0.25, 0.3) is 0 Å². The minimum absolute atomic E-state index is 0.183. The van der Waals surface area contributed by atoms with Gasteiger partial charge < -0.3 is 11.1 Å². The molecule has 3 nitrogen and oxygen atoms in total. The summed E-state index contributed by atoms with van der Waals surface area (Å²) in [6.07, 6.45) is 2.09. The second kappa shape index (κ2) is 5.15. The average molecular weight is 234 g/mol. The minimum Gasteiger partial charge on any atom is -0.351 e. The maximum absolute atomic E-state index is 11.4. The van der Waals surface area contributed by atoms with Crippen LogP contribution in [0.1, 0.15) is 22.6 Å². The summed E-state index contributed by atoms with van der Waals surface area (Å²) in [5.41, 5.74) is 5.30. The van der Waals surface area contributed by atoms with Crippen LogP contribution in [0, 0.1) is 17.8 Å². The topological polar surface area (TPSA) is 55.1 Å². The Bertz CT molecular complexity index is 437. The number of rotatable bonds is 3. The van der Waals surface area contributed by atoms with Gasteiger partial charge in [-0.1, -0.05) is 11.8 Å². The largest absolute Gasteiger partial charge is 0.351 e. The van der Waals surface area contributed by atoms with Crippen molar-refractivity contribution < 1.29 is 4.79 Å². The van der Waals surface area contributed by atoms with Crippen LogP contribution < -0.4 is 11.1 Å². The first-order valence-electron chi connectivity index (χ1n) is 5.35. The zero-order valence-electron chi connectivity index (χ0n) is 8.95. The molecule has 0 saturated heterocycles. The third-order valence-corrected chi connectivity index (χ3v) is 3.36. The molecule has 1 saturated carbocycles. The summed E-state index contributed by atoms with van der Waals surface area (Å²) < 4.78 is 0. The van der Waals surface area contributed by atoms with Gasteiger partial charge in [0, 0.05) is 10.8 Å². The number of nitrogens with two attached hydrogens (primary N) is 1. The van der Waals surface area contributed by atoms with E-state index in [2.05, 4.69) is 17.2 Å². The van der Waals surface area contributed by atoms with Crippen LogP contribution in [0.5, 0.6) is 0 Å². The summed E-state index contributed by atoms with van der Waals surface area (Å²) in [4.78, 5) is 13.5. The van der Waals surface area contributed by atoms with Gasteiger partial charge in [-0.15, -0.1) is 11.3 Å². The Hall–Kier alpha value is -1.31. The summed E-state index contributed by atoms with van der Waals surface area (Å²) in [5.74, 6) is 6.25. The van der Waals surface area contributed by atoms with E-state index in [4.69, 9.17) is 5.73 Å². The third-order valence-electron chi connectivity index (χ3n) is 2.36. The molecule has 0 unspecified atom stereocenters. The molecule has 2 rings (SSSR count). The lowest BCUT2D eigenvalue weighted by Crippen LogP contribution is -2.23. The fraction of sp³-hybridized carbons (Fsp3) is 0.417. The zero-order valence-corrected chi connectivity index (χ0v) is 9.77. The average Bonchev–Trinajstić information content (AvgIpc) is 3.04. The first-order valence-corrected chi connectivity index (χ1v) is 6.16. The van der Waals surface area contributed by atoms with Crippen molar-refractivity contribution in [1.82, 2.24) is 5.32 Å². The molecule has 0 atom stereocenters. The van der Waals surface area contributed by atoms with Crippen LogP contribution in [0.2, 0.25) is 0 Å². The summed E-state index contributed by atoms with van der Waals surface area (Å²) in [5, 5.41) is 2.93. The highest BCUT2D eigenvalue weighted by Gasteiger charge is 2.29. The number of hydrogen-bond donors (Lipinski definition) is 2. The van der Waals surface area contributed by atoms with Crippen molar-refractivity contribution in [2.45, 2.75) is 19.4 Å². The van der Waals surface area contributed by atoms with E-state index in [1.165, 1.54) is 0 Å². The molecule has 1 aromatic heterocycles. The normalized spacial score (nSPS) is 14.1. The molecule has 84 valence electrons. The number of carbonyl (C=O) groups is 1. The van der Waals surface area contributed by atoms with Gasteiger partial charge in [0.15, 0.2) is 0 Å². The first-order chi connectivity index (χ1) is 7.79. The molecule has 3 N–H and O–H groups in total. The van der Waals surface area contributed by atoms with E-state index in [0.717, 1.165) is 22.6 Å². The van der Waals surface area contributed by atoms with Crippen molar-refractivity contribution in [1.29, 1.82) is 0 Å². The second-order valence-corrected chi connectivity index (χ2v) is 4.93. The minimum atomic E-state index is 0.183. The lowest BCUT2D eigenvalue weighted by molar-refractivity contribution is -0.122. The van der Waals surface area contributed by atoms with Gasteiger partial charge in [-0.2, -0.15) is 0 Å². The van der Waals surface area contributed by atoms with Crippen molar-refractivity contribution in [2.75, 3.05) is 6.54 Å². The van der Waals surface area contributed by atoms with Crippen LogP contribution in [-0.2, 0) is 11.3 Å². The Kier molecular flexibility index (Phi) is 3.60. The highest BCUT2D eigenvalue weighted by atomic mass is 32.1. The molecular formula is C12H14N2OS. The molecular weight excluding hydrogens is 220 g/mol. The lowest BCUT2D eigenvalue weighted by Gasteiger charge is -2.00. The van der Waals surface area contributed by atoms with Crippen LogP contribution in [-0.4, -0.2) is 12.5 Å². The van der Waals surface area contributed by atoms with E-state index in [-0.39, 0.29) is 11.8 Å². The highest BCUT2D eigenvalue weighted by molar-refractivity contribution is 7.12. The number of nitrogens with one attached hydrogen (secondary N) is 1. The quantitative estimate of drug-likeness (QED) is 0.769. The molecule has 1 aliphatic carbocycles. The number of amides is 1. The van der Waals surface area contributed by atoms with Gasteiger partial charge >= 0.3 is 0 Å². The Labute approximate surface area is 99.0 Å². The van der Waals surface area contributed by atoms with E-state index in [1.807, 2.05) is 12.1 Å². The Balaban J connectivity index is 1.84. The van der Waals surface area contributed by atoms with Crippen molar-refractivity contribution in [2.24, 2.45) is 11.7 Å². The maximum Gasteiger partial charge on any atom is 0.223 e. The Morgan fingerprint density at radius 1 is 1.56 bits per heavy atom. The van der Waals surface area contributed by atoms with Crippen LogP contribution in [0.15, 0.2) is 12.1 Å². The smallest absolute Gasteiger partial charge is 0.223 e. The van der Waals surface area contributed by atoms with Crippen molar-refractivity contribution in [3.8, 4) is 11.8 Å². The molecule has 0 aromatic carbocycles. The molecule has 0 radical (unpaired) electrons. The van der Waals surface area contributed by atoms with E-state index in [9.17, 15) is 4.79 Å². The fourth-order valence-electron chi connectivity index (χ4n) is 1.34. The molecule has 1 aliphatic rings. The molecule has 0 spiro atoms. The maximum atomic E-state index is 11.4. The van der Waals surface area contributed by atoms with Gasteiger partial charge in [-0.05, 0) is 25.0 Å². The summed E-state index contributed by atoms with van der Waals surface area (Å²) >= 11 is 1.60. The molecule has 1 fully saturated rings. The molecule has 16 heavy (non-hydrogen) atoms. The van der Waals surface area contributed by atoms with E-state index < -0.39 is 0 Å². The predicted molar refractivity (Wildman–Crippen MR) is 64.8 cm³/mol. The number of thiophene rings is 1. The second-order valence-electron chi connectivity index (χ2n) is 3.76. The molecule has 1 aromatic rings. The molecule has 1 amide bonds. The summed E-state index contributed by atoms with van der Waals surface area (Å²) in [6.45, 7) is 0.996. The van der Waals surface area contributed by atoms with Gasteiger partial charge in [0.05, 0.1) is 18.0 Å². The van der Waals surface area contributed by atoms with Crippen molar-refractivity contribution >= 4 is 17.2 Å². The number of carbonyl (C=O) groups excluding carboxylic acids is 1. The summed E-state index contributed by atoms with van der Waals surface area (Å²) in [7, 11) is 0. The lowest BCUT2D eigenvalue weighted by atomic mass is 10.3. The standard InChI is InChI=1S/C12H14N2OS/c13-7-1-2-10-5-6-11(16-10)8-14-12(15)9-3-4-9/h5-6,9H,3-4,7-8,13H2,(H,14,15). The van der Waals surface area contributed by atoms with E-state index in [0.29, 0.717) is 13.1 Å². The van der Waals surface area contributed by atoms with Crippen LogP contribution in [0.25, 0.3) is 0 Å². The van der Waals surface area contributed by atoms with Crippen LogP contribution in [0.4, 0.5) is 0 Å². The van der Waals surface area contributed by atoms with E-state index >= 15 is 0 Å². The molecule has 1 heterocycles. The first kappa shape index (κ1) is 11.2. The fourth-order valence-corrected chi connectivity index (χ4v) is 2.16. The Morgan fingerprint density at radius 3 is 3.06 bits per heavy atom. The van der Waals surface area contributed by atoms with Crippen LogP contribution in [0.3, 0.4) is 0 Å². The van der Waals surface area contributed by atoms with Crippen molar-refractivity contribution in [3.63, 3.8) is 0 Å². The Morgan fingerprint density at radius 2 is 2.38 bits per heavy atom. The molecule has 0 aliphatic heterocycles. The van der Waals surface area contributed by atoms with Gasteiger partial charge in [-0.25, -0.2) is 0 Å². The highest BCUT2D eigenvalue weighted by Crippen LogP contribution is 2.29. The van der Waals surface area contributed by atoms with Gasteiger partial charge in [-0.3, -0.25) is 4.79 Å². The van der Waals surface area contributed by atoms with Gasteiger partial charge in [0.2, 0.25) is 5.91 Å². The van der Waals surface area contributed by atoms with E-state index in [1.54, 1.807) is 11.3 Å². The van der Waals surface area contributed by atoms with Gasteiger partial charge in [0.1, 0.15) is 0 Å². The van der Waals surface area contributed by atoms with Crippen LogP contribution >= 0.6 is 11.3 Å².